The van der Waals surface area contributed by atoms with Crippen LogP contribution in [0.1, 0.15) is 43.1 Å². The second kappa shape index (κ2) is 14.1. The first-order valence-electron chi connectivity index (χ1n) is 14.3. The molecule has 0 aliphatic carbocycles. The largest absolute Gasteiger partial charge is 0.445 e. The lowest BCUT2D eigenvalue weighted by atomic mass is 10.1. The second-order valence-electron chi connectivity index (χ2n) is 11.7. The van der Waals surface area contributed by atoms with Crippen molar-refractivity contribution in [3.05, 3.63) is 65.7 Å². The molecule has 11 nitrogen and oxygen atoms in total. The number of piperazine rings is 1. The van der Waals surface area contributed by atoms with Crippen molar-refractivity contribution in [2.45, 2.75) is 48.7 Å². The van der Waals surface area contributed by atoms with E-state index in [1.165, 1.54) is 17.0 Å². The molecule has 0 saturated carbocycles. The number of ether oxygens (including phenoxy) is 2. The number of hydrogen-bond donors (Lipinski definition) is 0. The molecule has 2 atom stereocenters. The highest BCUT2D eigenvalue weighted by molar-refractivity contribution is 6.67. The van der Waals surface area contributed by atoms with Crippen LogP contribution in [0.2, 0.25) is 0 Å². The summed E-state index contributed by atoms with van der Waals surface area (Å²) in [5, 5.41) is 9.52. The molecule has 2 unspecified atom stereocenters. The lowest BCUT2D eigenvalue weighted by Crippen LogP contribution is -2.55. The Hall–Kier alpha value is -3.72. The quantitative estimate of drug-likeness (QED) is 0.394. The number of benzene rings is 2. The Kier molecular flexibility index (Phi) is 10.7. The highest BCUT2D eigenvalue weighted by atomic mass is 35.6. The number of carbonyl (C=O) groups is 4. The van der Waals surface area contributed by atoms with E-state index in [0.717, 1.165) is 10.6 Å². The summed E-state index contributed by atoms with van der Waals surface area (Å²) in [5.41, 5.74) is 0.644. The van der Waals surface area contributed by atoms with Crippen LogP contribution in [0.4, 0.5) is 15.3 Å². The fraction of sp³-hybridized carbons (Fsp3) is 0.452. The molecule has 4 rings (SSSR count). The minimum atomic E-state index is -1.93. The van der Waals surface area contributed by atoms with Crippen molar-refractivity contribution in [3.63, 3.8) is 0 Å². The standard InChI is InChI=1S/C31H34Cl3N5O6/c1-30(2,3)45-28(42)38-19-23(39(29(43)44-20-31(32,33)34)26(40)21-9-5-4-6-10-21)17-25(38)27(41)37-15-13-36(14-16-37)24-12-8-7-11-22(24)18-35/h4-12,23,25H,13-17,19-20H2,1-3H3. The third-order valence-electron chi connectivity index (χ3n) is 7.31. The predicted molar refractivity (Wildman–Crippen MR) is 169 cm³/mol. The predicted octanol–water partition coefficient (Wildman–Crippen LogP) is 5.23. The molecular formula is C31H34Cl3N5O6. The minimum Gasteiger partial charge on any atom is -0.445 e. The number of amides is 4. The Labute approximate surface area is 277 Å². The molecule has 2 aromatic carbocycles. The van der Waals surface area contributed by atoms with Crippen molar-refractivity contribution in [3.8, 4) is 6.07 Å². The fourth-order valence-corrected chi connectivity index (χ4v) is 5.47. The Morgan fingerprint density at radius 1 is 0.956 bits per heavy atom. The molecule has 2 aromatic rings. The minimum absolute atomic E-state index is 0.0585. The molecule has 0 radical (unpaired) electrons. The van der Waals surface area contributed by atoms with Crippen molar-refractivity contribution in [2.75, 3.05) is 44.2 Å². The molecule has 240 valence electrons. The number of likely N-dealkylation sites (tertiary alicyclic amines) is 1. The first-order chi connectivity index (χ1) is 21.2. The van der Waals surface area contributed by atoms with Gasteiger partial charge >= 0.3 is 12.2 Å². The molecule has 2 heterocycles. The monoisotopic (exact) mass is 677 g/mol. The summed E-state index contributed by atoms with van der Waals surface area (Å²) in [4.78, 5) is 60.3. The van der Waals surface area contributed by atoms with Crippen LogP contribution in [0, 0.1) is 11.3 Å². The summed E-state index contributed by atoms with van der Waals surface area (Å²) in [6, 6.07) is 15.5. The maximum atomic E-state index is 14.0. The molecule has 14 heteroatoms. The van der Waals surface area contributed by atoms with Crippen LogP contribution in [-0.4, -0.2) is 99.5 Å². The number of rotatable bonds is 5. The normalized spacial score (nSPS) is 18.6. The van der Waals surface area contributed by atoms with E-state index in [0.29, 0.717) is 31.7 Å². The van der Waals surface area contributed by atoms with E-state index in [4.69, 9.17) is 44.3 Å². The van der Waals surface area contributed by atoms with Crippen LogP contribution in [0.25, 0.3) is 0 Å². The molecular weight excluding hydrogens is 645 g/mol. The number of imide groups is 1. The van der Waals surface area contributed by atoms with Gasteiger partial charge in [0.05, 0.1) is 17.3 Å². The van der Waals surface area contributed by atoms with Crippen molar-refractivity contribution in [2.24, 2.45) is 0 Å². The molecule has 0 spiro atoms. The molecule has 0 aromatic heterocycles. The van der Waals surface area contributed by atoms with Gasteiger partial charge in [0.15, 0.2) is 0 Å². The van der Waals surface area contributed by atoms with Gasteiger partial charge in [0, 0.05) is 38.3 Å². The zero-order valence-electron chi connectivity index (χ0n) is 25.1. The number of alkyl halides is 3. The second-order valence-corrected chi connectivity index (χ2v) is 14.2. The van der Waals surface area contributed by atoms with Gasteiger partial charge in [-0.15, -0.1) is 0 Å². The Morgan fingerprint density at radius 3 is 2.18 bits per heavy atom. The van der Waals surface area contributed by atoms with Crippen molar-refractivity contribution in [1.29, 1.82) is 5.26 Å². The molecule has 2 aliphatic rings. The first kappa shape index (κ1) is 34.2. The number of anilines is 1. The lowest BCUT2D eigenvalue weighted by molar-refractivity contribution is -0.136. The fourth-order valence-electron chi connectivity index (χ4n) is 5.31. The van der Waals surface area contributed by atoms with Gasteiger partial charge in [-0.1, -0.05) is 65.1 Å². The highest BCUT2D eigenvalue weighted by Gasteiger charge is 2.48. The lowest BCUT2D eigenvalue weighted by Gasteiger charge is -2.38. The molecule has 2 fully saturated rings. The van der Waals surface area contributed by atoms with E-state index in [1.807, 2.05) is 17.0 Å². The van der Waals surface area contributed by atoms with Crippen molar-refractivity contribution < 1.29 is 28.7 Å². The molecule has 4 amide bonds. The Morgan fingerprint density at radius 2 is 1.58 bits per heavy atom. The van der Waals surface area contributed by atoms with Crippen LogP contribution in [0.15, 0.2) is 54.6 Å². The van der Waals surface area contributed by atoms with E-state index in [9.17, 15) is 24.4 Å². The maximum Gasteiger partial charge on any atom is 0.417 e. The summed E-state index contributed by atoms with van der Waals surface area (Å²) in [5.74, 6) is -1.05. The zero-order valence-corrected chi connectivity index (χ0v) is 27.4. The van der Waals surface area contributed by atoms with Crippen LogP contribution < -0.4 is 4.90 Å². The van der Waals surface area contributed by atoms with Crippen LogP contribution in [0.3, 0.4) is 0 Å². The maximum absolute atomic E-state index is 14.0. The van der Waals surface area contributed by atoms with Gasteiger partial charge in [0.1, 0.15) is 24.3 Å². The van der Waals surface area contributed by atoms with Crippen LogP contribution in [0.5, 0.6) is 0 Å². The number of carbonyl (C=O) groups excluding carboxylic acids is 4. The topological polar surface area (TPSA) is 123 Å². The van der Waals surface area contributed by atoms with Gasteiger partial charge in [0.25, 0.3) is 5.91 Å². The Bertz CT molecular complexity index is 1450. The molecule has 0 bridgehead atoms. The van der Waals surface area contributed by atoms with Gasteiger partial charge in [0.2, 0.25) is 9.70 Å². The van der Waals surface area contributed by atoms with E-state index >= 15 is 0 Å². The van der Waals surface area contributed by atoms with Crippen LogP contribution >= 0.6 is 34.8 Å². The number of para-hydroxylation sites is 1. The summed E-state index contributed by atoms with van der Waals surface area (Å²) in [7, 11) is 0. The van der Waals surface area contributed by atoms with Gasteiger partial charge in [-0.2, -0.15) is 5.26 Å². The number of nitriles is 1. The average molecular weight is 679 g/mol. The van der Waals surface area contributed by atoms with Crippen molar-refractivity contribution >= 4 is 64.5 Å². The number of nitrogens with zero attached hydrogens (tertiary/aromatic N) is 5. The van der Waals surface area contributed by atoms with Gasteiger partial charge in [-0.3, -0.25) is 14.5 Å². The number of halogens is 3. The molecule has 45 heavy (non-hydrogen) atoms. The summed E-state index contributed by atoms with van der Waals surface area (Å²) in [6.07, 6.45) is -1.90. The smallest absolute Gasteiger partial charge is 0.417 e. The van der Waals surface area contributed by atoms with Crippen molar-refractivity contribution in [1.82, 2.24) is 14.7 Å². The number of hydrogen-bond acceptors (Lipinski definition) is 8. The third kappa shape index (κ3) is 8.72. The molecule has 2 saturated heterocycles. The SMILES string of the molecule is CC(C)(C)OC(=O)N1CC(N(C(=O)OCC(Cl)(Cl)Cl)C(=O)c2ccccc2)CC1C(=O)N1CCN(c2ccccc2C#N)CC1. The summed E-state index contributed by atoms with van der Waals surface area (Å²) >= 11 is 17.4. The third-order valence-corrected chi connectivity index (χ3v) is 7.64. The van der Waals surface area contributed by atoms with E-state index in [-0.39, 0.29) is 24.4 Å². The van der Waals surface area contributed by atoms with Gasteiger partial charge in [-0.25, -0.2) is 14.5 Å². The van der Waals surface area contributed by atoms with Gasteiger partial charge < -0.3 is 19.3 Å². The molecule has 0 N–H and O–H groups in total. The Balaban J connectivity index is 1.59. The summed E-state index contributed by atoms with van der Waals surface area (Å²) < 4.78 is 8.89. The van der Waals surface area contributed by atoms with Crippen LogP contribution in [-0.2, 0) is 14.3 Å². The highest BCUT2D eigenvalue weighted by Crippen LogP contribution is 2.31. The summed E-state index contributed by atoms with van der Waals surface area (Å²) in [6.45, 7) is 5.90. The first-order valence-corrected chi connectivity index (χ1v) is 15.5. The van der Waals surface area contributed by atoms with Gasteiger partial charge in [-0.05, 0) is 51.5 Å². The van der Waals surface area contributed by atoms with E-state index < -0.39 is 46.2 Å². The zero-order chi connectivity index (χ0) is 32.9. The van der Waals surface area contributed by atoms with E-state index in [1.54, 1.807) is 56.0 Å². The average Bonchev–Trinajstić information content (AvgIpc) is 3.44. The molecule has 2 aliphatic heterocycles. The van der Waals surface area contributed by atoms with E-state index in [2.05, 4.69) is 6.07 Å².